The largest absolute Gasteiger partial charge is 0.467 e. The number of anilines is 1. The highest BCUT2D eigenvalue weighted by atomic mass is 19.1. The number of hydrogen-bond donors (Lipinski definition) is 1. The van der Waals surface area contributed by atoms with Gasteiger partial charge in [0.05, 0.1) is 19.5 Å². The second-order valence-electron chi connectivity index (χ2n) is 7.27. The van der Waals surface area contributed by atoms with Gasteiger partial charge in [0.1, 0.15) is 5.82 Å². The zero-order chi connectivity index (χ0) is 20.4. The molecule has 2 aromatic rings. The second kappa shape index (κ2) is 8.10. The van der Waals surface area contributed by atoms with Gasteiger partial charge in [-0.05, 0) is 41.9 Å². The minimum atomic E-state index is -0.448. The van der Waals surface area contributed by atoms with Crippen molar-refractivity contribution >= 4 is 17.8 Å². The molecule has 1 saturated heterocycles. The van der Waals surface area contributed by atoms with Crippen LogP contribution in [0, 0.1) is 29.4 Å². The summed E-state index contributed by atoms with van der Waals surface area (Å²) in [7, 11) is 1.45. The van der Waals surface area contributed by atoms with E-state index in [0.29, 0.717) is 29.9 Å². The van der Waals surface area contributed by atoms with E-state index in [1.807, 2.05) is 4.90 Å². The predicted molar refractivity (Wildman–Crippen MR) is 102 cm³/mol. The summed E-state index contributed by atoms with van der Waals surface area (Å²) in [6.45, 7) is 2.05. The van der Waals surface area contributed by atoms with Crippen molar-refractivity contribution in [3.05, 3.63) is 47.9 Å². The summed E-state index contributed by atoms with van der Waals surface area (Å²) in [5.74, 6) is 0.667. The van der Waals surface area contributed by atoms with Gasteiger partial charge in [-0.2, -0.15) is 4.98 Å². The van der Waals surface area contributed by atoms with Crippen LogP contribution in [0.15, 0.2) is 30.7 Å². The molecular formula is C20H21F2N5O2. The summed E-state index contributed by atoms with van der Waals surface area (Å²) in [6.07, 6.45) is 7.50. The van der Waals surface area contributed by atoms with Crippen molar-refractivity contribution in [1.29, 1.82) is 0 Å². The van der Waals surface area contributed by atoms with Crippen LogP contribution in [0.5, 0.6) is 6.01 Å². The lowest BCUT2D eigenvalue weighted by Gasteiger charge is -2.21. The Bertz CT molecular complexity index is 927. The molecule has 2 fully saturated rings. The van der Waals surface area contributed by atoms with Gasteiger partial charge in [0.25, 0.3) is 0 Å². The molecule has 1 aliphatic carbocycles. The van der Waals surface area contributed by atoms with Crippen molar-refractivity contribution in [2.24, 2.45) is 17.8 Å². The number of fused-ring (bicyclic) bond motifs is 1. The highest BCUT2D eigenvalue weighted by Crippen LogP contribution is 2.54. The van der Waals surface area contributed by atoms with Gasteiger partial charge in [-0.25, -0.2) is 13.8 Å². The van der Waals surface area contributed by atoms with E-state index >= 15 is 0 Å². The van der Waals surface area contributed by atoms with Gasteiger partial charge in [0, 0.05) is 31.9 Å². The number of amides is 1. The number of carbonyl (C=O) groups is 1. The number of nitrogens with one attached hydrogen (secondary N) is 1. The molecule has 29 heavy (non-hydrogen) atoms. The maximum atomic E-state index is 14.0. The number of nitrogens with zero attached hydrogens (tertiary/aromatic N) is 4. The monoisotopic (exact) mass is 401 g/mol. The highest BCUT2D eigenvalue weighted by molar-refractivity contribution is 5.91. The first-order valence-corrected chi connectivity index (χ1v) is 9.43. The van der Waals surface area contributed by atoms with E-state index in [0.717, 1.165) is 31.9 Å². The molecule has 0 bridgehead atoms. The third kappa shape index (κ3) is 4.33. The van der Waals surface area contributed by atoms with Crippen LogP contribution in [0.1, 0.15) is 12.0 Å². The van der Waals surface area contributed by atoms with E-state index in [1.165, 1.54) is 31.5 Å². The molecule has 1 amide bonds. The third-order valence-electron chi connectivity index (χ3n) is 5.49. The van der Waals surface area contributed by atoms with Gasteiger partial charge >= 0.3 is 6.01 Å². The van der Waals surface area contributed by atoms with Crippen molar-refractivity contribution in [2.75, 3.05) is 31.6 Å². The van der Waals surface area contributed by atoms with Crippen molar-refractivity contribution in [1.82, 2.24) is 20.3 Å². The summed E-state index contributed by atoms with van der Waals surface area (Å²) < 4.78 is 32.0. The zero-order valence-electron chi connectivity index (χ0n) is 15.9. The quantitative estimate of drug-likeness (QED) is 0.716. The maximum Gasteiger partial charge on any atom is 0.318 e. The number of aromatic nitrogens is 3. The topological polar surface area (TPSA) is 80.2 Å². The van der Waals surface area contributed by atoms with Crippen molar-refractivity contribution < 1.29 is 18.3 Å². The number of carbonyl (C=O) groups excluding carboxylic acids is 1. The van der Waals surface area contributed by atoms with Crippen LogP contribution in [0.4, 0.5) is 14.6 Å². The predicted octanol–water partition coefficient (Wildman–Crippen LogP) is 2.06. The van der Waals surface area contributed by atoms with Crippen molar-refractivity contribution in [3.63, 3.8) is 0 Å². The van der Waals surface area contributed by atoms with Gasteiger partial charge in [-0.1, -0.05) is 0 Å². The molecule has 0 radical (unpaired) electrons. The summed E-state index contributed by atoms with van der Waals surface area (Å²) in [4.78, 5) is 25.4. The van der Waals surface area contributed by atoms with E-state index < -0.39 is 11.6 Å². The summed E-state index contributed by atoms with van der Waals surface area (Å²) in [6, 6.07) is 1.47. The van der Waals surface area contributed by atoms with Gasteiger partial charge < -0.3 is 15.0 Å². The molecule has 3 heterocycles. The van der Waals surface area contributed by atoms with Crippen molar-refractivity contribution in [3.8, 4) is 6.01 Å². The van der Waals surface area contributed by atoms with E-state index in [4.69, 9.17) is 4.74 Å². The fourth-order valence-corrected chi connectivity index (χ4v) is 4.03. The molecule has 1 aliphatic heterocycles. The Morgan fingerprint density at radius 2 is 2.10 bits per heavy atom. The molecule has 152 valence electrons. The molecule has 0 aromatic carbocycles. The molecule has 1 saturated carbocycles. The lowest BCUT2D eigenvalue weighted by Crippen LogP contribution is -2.28. The van der Waals surface area contributed by atoms with Gasteiger partial charge in [-0.3, -0.25) is 9.78 Å². The molecule has 2 aromatic heterocycles. The molecule has 9 heteroatoms. The normalized spacial score (nSPS) is 22.6. The smallest absolute Gasteiger partial charge is 0.318 e. The fraction of sp³-hybridized carbons (Fsp3) is 0.400. The highest BCUT2D eigenvalue weighted by Gasteiger charge is 2.55. The SMILES string of the molecule is COc1ncc(F)c(N2CC3C(CCNC(=O)/C=C/c4cncc(F)c4)C3C2)n1. The van der Waals surface area contributed by atoms with Gasteiger partial charge in [0.2, 0.25) is 5.91 Å². The molecule has 2 atom stereocenters. The van der Waals surface area contributed by atoms with E-state index in [9.17, 15) is 13.6 Å². The van der Waals surface area contributed by atoms with Crippen LogP contribution in [-0.2, 0) is 4.79 Å². The number of pyridine rings is 1. The molecule has 1 N–H and O–H groups in total. The Hall–Kier alpha value is -3.10. The molecule has 2 unspecified atom stereocenters. The van der Waals surface area contributed by atoms with Gasteiger partial charge in [0.15, 0.2) is 11.6 Å². The Kier molecular flexibility index (Phi) is 5.37. The average Bonchev–Trinajstić information content (AvgIpc) is 3.16. The number of ether oxygens (including phenoxy) is 1. The molecule has 2 aliphatic rings. The number of methoxy groups -OCH3 is 1. The van der Waals surface area contributed by atoms with Crippen LogP contribution in [0.25, 0.3) is 6.08 Å². The standard InChI is InChI=1S/C20H21F2N5O2/c1-29-20-25-9-17(22)19(26-20)27-10-15-14(16(15)11-27)4-5-24-18(28)3-2-12-6-13(21)8-23-7-12/h2-3,6-9,14-16H,4-5,10-11H2,1H3,(H,24,28)/b3-2+. The van der Waals surface area contributed by atoms with Gasteiger partial charge in [-0.15, -0.1) is 0 Å². The van der Waals surface area contributed by atoms with E-state index in [2.05, 4.69) is 20.3 Å². The van der Waals surface area contributed by atoms with Crippen LogP contribution < -0.4 is 15.0 Å². The lowest BCUT2D eigenvalue weighted by molar-refractivity contribution is -0.116. The summed E-state index contributed by atoms with van der Waals surface area (Å²) in [5, 5.41) is 2.84. The minimum absolute atomic E-state index is 0.156. The molecular weight excluding hydrogens is 380 g/mol. The zero-order valence-corrected chi connectivity index (χ0v) is 15.9. The minimum Gasteiger partial charge on any atom is -0.467 e. The third-order valence-corrected chi connectivity index (χ3v) is 5.49. The van der Waals surface area contributed by atoms with E-state index in [-0.39, 0.29) is 17.7 Å². The van der Waals surface area contributed by atoms with Crippen LogP contribution in [0.3, 0.4) is 0 Å². The van der Waals surface area contributed by atoms with Crippen molar-refractivity contribution in [2.45, 2.75) is 6.42 Å². The molecule has 0 spiro atoms. The number of halogens is 2. The lowest BCUT2D eigenvalue weighted by atomic mass is 10.2. The van der Waals surface area contributed by atoms with Crippen LogP contribution in [0.2, 0.25) is 0 Å². The molecule has 4 rings (SSSR count). The maximum absolute atomic E-state index is 14.0. The first-order chi connectivity index (χ1) is 14.0. The number of hydrogen-bond acceptors (Lipinski definition) is 6. The fourth-order valence-electron chi connectivity index (χ4n) is 4.03. The Morgan fingerprint density at radius 1 is 1.31 bits per heavy atom. The Morgan fingerprint density at radius 3 is 2.83 bits per heavy atom. The summed E-state index contributed by atoms with van der Waals surface area (Å²) >= 11 is 0. The first-order valence-electron chi connectivity index (χ1n) is 9.43. The van der Waals surface area contributed by atoms with Crippen LogP contribution in [-0.4, -0.2) is 47.6 Å². The molecule has 7 nitrogen and oxygen atoms in total. The number of rotatable bonds is 7. The summed E-state index contributed by atoms with van der Waals surface area (Å²) in [5.41, 5.74) is 0.533. The average molecular weight is 401 g/mol. The Labute approximate surface area is 166 Å². The van der Waals surface area contributed by atoms with E-state index in [1.54, 1.807) is 0 Å². The number of piperidine rings is 1. The van der Waals surface area contributed by atoms with Crippen LogP contribution >= 0.6 is 0 Å². The first kappa shape index (κ1) is 19.2. The second-order valence-corrected chi connectivity index (χ2v) is 7.27. The Balaban J connectivity index is 1.21.